The number of hydrogen-bond donors (Lipinski definition) is 3. The molecule has 0 amide bonds. The molecule has 0 spiro atoms. The summed E-state index contributed by atoms with van der Waals surface area (Å²) in [5.41, 5.74) is 3.70. The Morgan fingerprint density at radius 3 is 2.34 bits per heavy atom. The Morgan fingerprint density at radius 1 is 0.966 bits per heavy atom. The summed E-state index contributed by atoms with van der Waals surface area (Å²) < 4.78 is 0. The van der Waals surface area contributed by atoms with E-state index in [0.29, 0.717) is 19.5 Å². The zero-order valence-electron chi connectivity index (χ0n) is 17.5. The van der Waals surface area contributed by atoms with Crippen molar-refractivity contribution in [1.82, 2.24) is 15.5 Å². The van der Waals surface area contributed by atoms with Crippen LogP contribution in [0.5, 0.6) is 0 Å². The summed E-state index contributed by atoms with van der Waals surface area (Å²) >= 11 is 0. The molecule has 1 aliphatic heterocycles. The number of rotatable bonds is 9. The molecule has 5 nitrogen and oxygen atoms in total. The fourth-order valence-electron chi connectivity index (χ4n) is 3.63. The van der Waals surface area contributed by atoms with Gasteiger partial charge in [0.2, 0.25) is 0 Å². The Labute approximate surface area is 174 Å². The second-order valence-electron chi connectivity index (χ2n) is 7.72. The molecule has 0 saturated carbocycles. The van der Waals surface area contributed by atoms with Crippen LogP contribution in [-0.4, -0.2) is 48.2 Å². The predicted molar refractivity (Wildman–Crippen MR) is 120 cm³/mol. The van der Waals surface area contributed by atoms with E-state index < -0.39 is 6.10 Å². The molecule has 1 saturated heterocycles. The summed E-state index contributed by atoms with van der Waals surface area (Å²) in [5.74, 6) is 0.737. The highest BCUT2D eigenvalue weighted by molar-refractivity contribution is 5.79. The number of likely N-dealkylation sites (tertiary alicyclic amines) is 1. The van der Waals surface area contributed by atoms with Crippen molar-refractivity contribution in [3.8, 4) is 0 Å². The molecule has 1 unspecified atom stereocenters. The van der Waals surface area contributed by atoms with Gasteiger partial charge in [-0.05, 0) is 49.5 Å². The number of benzene rings is 2. The molecule has 1 fully saturated rings. The molecule has 5 heteroatoms. The summed E-state index contributed by atoms with van der Waals surface area (Å²) in [6.45, 7) is 7.41. The van der Waals surface area contributed by atoms with Gasteiger partial charge in [-0.25, -0.2) is 4.99 Å². The van der Waals surface area contributed by atoms with Crippen molar-refractivity contribution in [2.24, 2.45) is 4.99 Å². The van der Waals surface area contributed by atoms with E-state index in [1.54, 1.807) is 0 Å². The first kappa shape index (κ1) is 21.3. The van der Waals surface area contributed by atoms with Crippen LogP contribution in [-0.2, 0) is 19.5 Å². The van der Waals surface area contributed by atoms with Crippen LogP contribution in [0, 0.1) is 0 Å². The molecule has 0 bridgehead atoms. The maximum absolute atomic E-state index is 10.3. The average Bonchev–Trinajstić information content (AvgIpc) is 3.25. The first-order valence-electron chi connectivity index (χ1n) is 10.8. The van der Waals surface area contributed by atoms with E-state index >= 15 is 0 Å². The van der Waals surface area contributed by atoms with Crippen molar-refractivity contribution < 1.29 is 5.11 Å². The standard InChI is InChI=1S/C24H34N4O/c1-2-25-24(27-18-23(29)16-20-8-4-3-5-9-20)26-17-21-10-12-22(13-11-21)19-28-14-6-7-15-28/h3-5,8-13,23,29H,2,6-7,14-19H2,1H3,(H2,25,26,27). The van der Waals surface area contributed by atoms with Gasteiger partial charge in [0.05, 0.1) is 12.6 Å². The lowest BCUT2D eigenvalue weighted by atomic mass is 10.1. The van der Waals surface area contributed by atoms with Gasteiger partial charge in [0.15, 0.2) is 5.96 Å². The summed E-state index contributed by atoms with van der Waals surface area (Å²) in [7, 11) is 0. The molecule has 1 heterocycles. The van der Waals surface area contributed by atoms with Crippen LogP contribution < -0.4 is 10.6 Å². The van der Waals surface area contributed by atoms with Crippen LogP contribution in [0.1, 0.15) is 36.5 Å². The van der Waals surface area contributed by atoms with Crippen molar-refractivity contribution in [2.45, 2.75) is 45.4 Å². The Hall–Kier alpha value is -2.37. The number of nitrogens with one attached hydrogen (secondary N) is 2. The molecule has 2 aromatic carbocycles. The van der Waals surface area contributed by atoms with E-state index in [1.807, 2.05) is 37.3 Å². The summed E-state index contributed by atoms with van der Waals surface area (Å²) in [4.78, 5) is 7.18. The second kappa shape index (κ2) is 11.6. The van der Waals surface area contributed by atoms with Crippen LogP contribution in [0.4, 0.5) is 0 Å². The largest absolute Gasteiger partial charge is 0.391 e. The molecule has 3 rings (SSSR count). The van der Waals surface area contributed by atoms with Crippen molar-refractivity contribution in [2.75, 3.05) is 26.2 Å². The third-order valence-corrected chi connectivity index (χ3v) is 5.21. The number of nitrogens with zero attached hydrogens (tertiary/aromatic N) is 2. The van der Waals surface area contributed by atoms with E-state index in [-0.39, 0.29) is 0 Å². The third kappa shape index (κ3) is 7.52. The minimum atomic E-state index is -0.453. The highest BCUT2D eigenvalue weighted by Crippen LogP contribution is 2.13. The molecule has 0 aliphatic carbocycles. The van der Waals surface area contributed by atoms with Crippen LogP contribution in [0.2, 0.25) is 0 Å². The van der Waals surface area contributed by atoms with Gasteiger partial charge >= 0.3 is 0 Å². The highest BCUT2D eigenvalue weighted by atomic mass is 16.3. The molecule has 1 aliphatic rings. The molecule has 29 heavy (non-hydrogen) atoms. The summed E-state index contributed by atoms with van der Waals surface area (Å²) in [6, 6.07) is 18.8. The zero-order valence-corrected chi connectivity index (χ0v) is 17.5. The van der Waals surface area contributed by atoms with Gasteiger partial charge in [0.25, 0.3) is 0 Å². The van der Waals surface area contributed by atoms with E-state index in [1.165, 1.54) is 37.1 Å². The quantitative estimate of drug-likeness (QED) is 0.452. The van der Waals surface area contributed by atoms with Gasteiger partial charge in [-0.2, -0.15) is 0 Å². The number of hydrogen-bond acceptors (Lipinski definition) is 3. The number of aliphatic hydroxyl groups excluding tert-OH is 1. The fourth-order valence-corrected chi connectivity index (χ4v) is 3.63. The molecular formula is C24H34N4O. The second-order valence-corrected chi connectivity index (χ2v) is 7.72. The molecule has 156 valence electrons. The van der Waals surface area contributed by atoms with Gasteiger partial charge in [-0.1, -0.05) is 54.6 Å². The highest BCUT2D eigenvalue weighted by Gasteiger charge is 2.11. The van der Waals surface area contributed by atoms with E-state index in [0.717, 1.165) is 24.6 Å². The minimum Gasteiger partial charge on any atom is -0.391 e. The Kier molecular flexibility index (Phi) is 8.53. The van der Waals surface area contributed by atoms with Crippen molar-refractivity contribution in [3.05, 3.63) is 71.3 Å². The monoisotopic (exact) mass is 394 g/mol. The first-order chi connectivity index (χ1) is 14.2. The van der Waals surface area contributed by atoms with Crippen molar-refractivity contribution >= 4 is 5.96 Å². The van der Waals surface area contributed by atoms with E-state index in [2.05, 4.69) is 44.8 Å². The number of aliphatic hydroxyl groups is 1. The molecule has 1 atom stereocenters. The fraction of sp³-hybridized carbons (Fsp3) is 0.458. The maximum atomic E-state index is 10.3. The molecule has 0 radical (unpaired) electrons. The lowest BCUT2D eigenvalue weighted by Crippen LogP contribution is -2.41. The summed E-state index contributed by atoms with van der Waals surface area (Å²) in [6.07, 6.45) is 2.83. The molecule has 2 aromatic rings. The zero-order chi connectivity index (χ0) is 20.3. The normalized spacial score (nSPS) is 16.0. The van der Waals surface area contributed by atoms with Crippen LogP contribution >= 0.6 is 0 Å². The SMILES string of the molecule is CCNC(=NCc1ccc(CN2CCCC2)cc1)NCC(O)Cc1ccccc1. The Morgan fingerprint density at radius 2 is 1.66 bits per heavy atom. The smallest absolute Gasteiger partial charge is 0.191 e. The van der Waals surface area contributed by atoms with Gasteiger partial charge in [-0.3, -0.25) is 4.90 Å². The van der Waals surface area contributed by atoms with Gasteiger partial charge < -0.3 is 15.7 Å². The number of guanidine groups is 1. The number of aliphatic imine (C=N–C) groups is 1. The maximum Gasteiger partial charge on any atom is 0.191 e. The minimum absolute atomic E-state index is 0.453. The average molecular weight is 395 g/mol. The van der Waals surface area contributed by atoms with Crippen molar-refractivity contribution in [1.29, 1.82) is 0 Å². The topological polar surface area (TPSA) is 59.9 Å². The van der Waals surface area contributed by atoms with Crippen molar-refractivity contribution in [3.63, 3.8) is 0 Å². The Bertz CT molecular complexity index is 739. The van der Waals surface area contributed by atoms with Gasteiger partial charge in [0.1, 0.15) is 0 Å². The molecular weight excluding hydrogens is 360 g/mol. The van der Waals surface area contributed by atoms with Crippen LogP contribution in [0.25, 0.3) is 0 Å². The lowest BCUT2D eigenvalue weighted by molar-refractivity contribution is 0.177. The molecule has 3 N–H and O–H groups in total. The lowest BCUT2D eigenvalue weighted by Gasteiger charge is -2.16. The summed E-state index contributed by atoms with van der Waals surface area (Å²) in [5, 5.41) is 16.8. The van der Waals surface area contributed by atoms with Crippen LogP contribution in [0.15, 0.2) is 59.6 Å². The predicted octanol–water partition coefficient (Wildman–Crippen LogP) is 2.94. The molecule has 0 aromatic heterocycles. The third-order valence-electron chi connectivity index (χ3n) is 5.21. The van der Waals surface area contributed by atoms with Gasteiger partial charge in [0, 0.05) is 26.1 Å². The van der Waals surface area contributed by atoms with E-state index in [4.69, 9.17) is 0 Å². The van der Waals surface area contributed by atoms with E-state index in [9.17, 15) is 5.11 Å². The first-order valence-corrected chi connectivity index (χ1v) is 10.8. The Balaban J connectivity index is 1.47. The van der Waals surface area contributed by atoms with Crippen LogP contribution in [0.3, 0.4) is 0 Å². The van der Waals surface area contributed by atoms with Gasteiger partial charge in [-0.15, -0.1) is 0 Å².